The normalized spacial score (nSPS) is 15.8. The number of H-pyrrole nitrogens is 1. The Morgan fingerprint density at radius 3 is 2.67 bits per heavy atom. The second kappa shape index (κ2) is 6.21. The second-order valence-corrected chi connectivity index (χ2v) is 5.98. The van der Waals surface area contributed by atoms with Gasteiger partial charge in [0.25, 0.3) is 11.7 Å². The summed E-state index contributed by atoms with van der Waals surface area (Å²) >= 11 is 5.94. The summed E-state index contributed by atoms with van der Waals surface area (Å²) < 4.78 is 5.79. The molecule has 24 heavy (non-hydrogen) atoms. The number of nitrogens with one attached hydrogen (secondary N) is 1. The minimum atomic E-state index is -0.152. The van der Waals surface area contributed by atoms with Crippen molar-refractivity contribution in [1.82, 2.24) is 4.98 Å². The fourth-order valence-corrected chi connectivity index (χ4v) is 3.39. The van der Waals surface area contributed by atoms with Crippen molar-refractivity contribution in [3.63, 3.8) is 0 Å². The third kappa shape index (κ3) is 2.34. The van der Waals surface area contributed by atoms with Crippen LogP contribution in [0.15, 0.2) is 0 Å². The Morgan fingerprint density at radius 1 is 1.38 bits per heavy atom. The van der Waals surface area contributed by atoms with Crippen LogP contribution in [0.25, 0.3) is 10.8 Å². The summed E-state index contributed by atoms with van der Waals surface area (Å²) in [4.78, 5) is 9.47. The number of alkyl halides is 1. The van der Waals surface area contributed by atoms with E-state index in [-0.39, 0.29) is 6.10 Å². The van der Waals surface area contributed by atoms with Gasteiger partial charge < -0.3 is 15.4 Å². The molecule has 0 amide bonds. The van der Waals surface area contributed by atoms with E-state index in [9.17, 15) is 5.26 Å². The predicted molar refractivity (Wildman–Crippen MR) is 94.2 cm³/mol. The summed E-state index contributed by atoms with van der Waals surface area (Å²) in [6, 6.07) is 2.29. The first-order valence-corrected chi connectivity index (χ1v) is 8.43. The molecule has 0 aromatic carbocycles. The Hall–Kier alpha value is -2.46. The highest BCUT2D eigenvalue weighted by Gasteiger charge is 2.33. The number of ether oxygens (including phenoxy) is 1. The zero-order valence-electron chi connectivity index (χ0n) is 13.7. The molecule has 0 bridgehead atoms. The van der Waals surface area contributed by atoms with E-state index in [2.05, 4.69) is 16.0 Å². The number of hydrogen-bond acceptors (Lipinski definition) is 6. The third-order valence-corrected chi connectivity index (χ3v) is 4.71. The maximum Gasteiger partial charge on any atom is 0.286 e. The predicted octanol–water partition coefficient (Wildman–Crippen LogP) is 1.47. The molecule has 8 heteroatoms. The summed E-state index contributed by atoms with van der Waals surface area (Å²) in [5, 5.41) is 11.1. The molecule has 5 N–H and O–H groups in total. The van der Waals surface area contributed by atoms with Crippen LogP contribution in [0, 0.1) is 11.3 Å². The van der Waals surface area contributed by atoms with E-state index in [0.29, 0.717) is 52.0 Å². The Balaban J connectivity index is 2.40. The molecule has 1 atom stereocenters. The second-order valence-electron chi connectivity index (χ2n) is 5.67. The third-order valence-electron chi connectivity index (χ3n) is 4.36. The number of aromatic amines is 1. The van der Waals surface area contributed by atoms with Crippen LogP contribution in [-0.2, 0) is 6.42 Å². The minimum Gasteiger partial charge on any atom is -0.457 e. The largest absolute Gasteiger partial charge is 0.457 e. The van der Waals surface area contributed by atoms with Gasteiger partial charge in [-0.3, -0.25) is 5.73 Å². The molecule has 0 aliphatic carbocycles. The van der Waals surface area contributed by atoms with Crippen molar-refractivity contribution < 1.29 is 9.72 Å². The lowest BCUT2D eigenvalue weighted by atomic mass is 9.99. The number of fused-ring (bicyclic) bond motifs is 3. The molecule has 0 saturated heterocycles. The van der Waals surface area contributed by atoms with E-state index in [0.717, 1.165) is 18.7 Å². The van der Waals surface area contributed by atoms with Gasteiger partial charge in [-0.25, -0.2) is 9.97 Å². The highest BCUT2D eigenvalue weighted by molar-refractivity contribution is 6.18. The fourth-order valence-electron chi connectivity index (χ4n) is 3.21. The lowest BCUT2D eigenvalue weighted by molar-refractivity contribution is -0.375. The number of rotatable bonds is 4. The van der Waals surface area contributed by atoms with Gasteiger partial charge in [0, 0.05) is 24.9 Å². The van der Waals surface area contributed by atoms with Crippen LogP contribution >= 0.6 is 11.6 Å². The van der Waals surface area contributed by atoms with Crippen LogP contribution in [0.2, 0.25) is 0 Å². The molecule has 3 rings (SSSR count). The molecular weight excluding hydrogens is 328 g/mol. The average Bonchev–Trinajstić information content (AvgIpc) is 2.98. The molecule has 1 aliphatic heterocycles. The van der Waals surface area contributed by atoms with Gasteiger partial charge in [0.15, 0.2) is 0 Å². The number of nitrogens with two attached hydrogens (primary N) is 2. The number of pyridine rings is 2. The first-order valence-electron chi connectivity index (χ1n) is 7.90. The number of nitrogens with zero attached hydrogens (tertiary/aromatic N) is 3. The summed E-state index contributed by atoms with van der Waals surface area (Å²) in [6.45, 7) is 5.47. The van der Waals surface area contributed by atoms with Crippen molar-refractivity contribution in [1.29, 1.82) is 5.26 Å². The molecule has 2 aromatic rings. The van der Waals surface area contributed by atoms with Crippen molar-refractivity contribution in [3.05, 3.63) is 11.1 Å². The number of aromatic nitrogens is 2. The van der Waals surface area contributed by atoms with Crippen LogP contribution in [0.4, 0.5) is 17.5 Å². The van der Waals surface area contributed by atoms with Crippen LogP contribution in [0.5, 0.6) is 5.88 Å². The first-order chi connectivity index (χ1) is 11.5. The molecule has 1 aliphatic rings. The molecule has 3 heterocycles. The van der Waals surface area contributed by atoms with E-state index in [1.54, 1.807) is 0 Å². The number of halogens is 1. The minimum absolute atomic E-state index is 0.152. The molecule has 2 aromatic heterocycles. The summed E-state index contributed by atoms with van der Waals surface area (Å²) in [5.41, 5.74) is 13.6. The first kappa shape index (κ1) is 16.4. The van der Waals surface area contributed by atoms with Crippen molar-refractivity contribution >= 4 is 39.8 Å². The van der Waals surface area contributed by atoms with Gasteiger partial charge in [0.2, 0.25) is 0 Å². The molecule has 0 saturated carbocycles. The van der Waals surface area contributed by atoms with Crippen molar-refractivity contribution in [2.45, 2.75) is 26.4 Å². The maximum absolute atomic E-state index is 9.82. The molecular formula is C16H20ClN6O+. The highest BCUT2D eigenvalue weighted by Crippen LogP contribution is 2.40. The summed E-state index contributed by atoms with van der Waals surface area (Å²) in [5.74, 6) is 2.13. The highest BCUT2D eigenvalue weighted by atomic mass is 35.5. The average molecular weight is 348 g/mol. The number of hydrogen-bond donors (Lipinski definition) is 2. The van der Waals surface area contributed by atoms with Crippen molar-refractivity contribution in [2.75, 3.05) is 35.3 Å². The van der Waals surface area contributed by atoms with Gasteiger partial charge in [-0.15, -0.1) is 11.6 Å². The van der Waals surface area contributed by atoms with Gasteiger partial charge >= 0.3 is 0 Å². The van der Waals surface area contributed by atoms with E-state index >= 15 is 0 Å². The molecule has 0 radical (unpaired) electrons. The summed E-state index contributed by atoms with van der Waals surface area (Å²) in [6.07, 6.45) is 0.447. The van der Waals surface area contributed by atoms with E-state index in [1.807, 2.05) is 18.7 Å². The number of anilines is 3. The maximum atomic E-state index is 9.82. The van der Waals surface area contributed by atoms with Gasteiger partial charge in [-0.1, -0.05) is 0 Å². The van der Waals surface area contributed by atoms with Crippen molar-refractivity contribution in [3.8, 4) is 11.9 Å². The van der Waals surface area contributed by atoms with Gasteiger partial charge in [0.1, 0.15) is 34.8 Å². The molecule has 0 unspecified atom stereocenters. The smallest absolute Gasteiger partial charge is 0.286 e. The zero-order valence-corrected chi connectivity index (χ0v) is 14.4. The monoisotopic (exact) mass is 347 g/mol. The number of nitrogen functional groups attached to an aromatic ring is 2. The van der Waals surface area contributed by atoms with Crippen LogP contribution in [0.3, 0.4) is 0 Å². The Labute approximate surface area is 145 Å². The molecule has 0 fully saturated rings. The lowest BCUT2D eigenvalue weighted by Crippen LogP contribution is -2.25. The Morgan fingerprint density at radius 2 is 2.08 bits per heavy atom. The number of nitriles is 1. The van der Waals surface area contributed by atoms with E-state index < -0.39 is 0 Å². The van der Waals surface area contributed by atoms with Gasteiger partial charge in [-0.2, -0.15) is 5.26 Å². The Kier molecular flexibility index (Phi) is 4.24. The fraction of sp³-hybridized carbons (Fsp3) is 0.438. The van der Waals surface area contributed by atoms with Crippen LogP contribution < -0.4 is 26.1 Å². The van der Waals surface area contributed by atoms with Gasteiger partial charge in [-0.05, 0) is 13.8 Å². The lowest BCUT2D eigenvalue weighted by Gasteiger charge is -2.22. The Bertz CT molecular complexity index is 843. The SMILES string of the molecule is CCN(CC)c1nc(N)c2c(N)[nH+]c3c(c2c1C#N)C[C@H](CCl)O3. The molecule has 7 nitrogen and oxygen atoms in total. The van der Waals surface area contributed by atoms with Crippen LogP contribution in [-0.4, -0.2) is 30.1 Å². The quantitative estimate of drug-likeness (QED) is 0.809. The van der Waals surface area contributed by atoms with Crippen LogP contribution in [0.1, 0.15) is 25.0 Å². The van der Waals surface area contributed by atoms with Gasteiger partial charge in [0.05, 0.1) is 11.4 Å². The van der Waals surface area contributed by atoms with Crippen molar-refractivity contribution in [2.24, 2.45) is 0 Å². The standard InChI is InChI=1S/C16H19ClN6O/c1-3-23(4-2)15-10(7-18)11-9-5-8(6-17)24-16(9)22-14(20)12(11)13(19)21-15/h8H,3-6H2,1-2H3,(H2,19,21)(H2,20,22)/p+1/t8-/m1/s1. The molecule has 126 valence electrons. The van der Waals surface area contributed by atoms with E-state index in [1.165, 1.54) is 0 Å². The summed E-state index contributed by atoms with van der Waals surface area (Å²) in [7, 11) is 0. The molecule has 0 spiro atoms. The van der Waals surface area contributed by atoms with E-state index in [4.69, 9.17) is 27.8 Å². The topological polar surface area (TPSA) is 115 Å². The zero-order chi connectivity index (χ0) is 17.4.